The Morgan fingerprint density at radius 3 is 2.27 bits per heavy atom. The summed E-state index contributed by atoms with van der Waals surface area (Å²) in [7, 11) is 0. The summed E-state index contributed by atoms with van der Waals surface area (Å²) in [5, 5.41) is 11.4. The van der Waals surface area contributed by atoms with Crippen molar-refractivity contribution in [2.45, 2.75) is 84.3 Å². The molecule has 0 saturated heterocycles. The Morgan fingerprint density at radius 1 is 1.10 bits per heavy atom. The second-order valence-electron chi connectivity index (χ2n) is 11.7. The minimum absolute atomic E-state index is 0.0532. The molecule has 2 amide bonds. The minimum atomic E-state index is -0.972. The molecule has 1 saturated carbocycles. The average molecular weight is 550 g/mol. The predicted molar refractivity (Wildman–Crippen MR) is 153 cm³/mol. The van der Waals surface area contributed by atoms with Crippen LogP contribution < -0.4 is 5.32 Å². The van der Waals surface area contributed by atoms with Crippen molar-refractivity contribution >= 4 is 23.5 Å². The Bertz CT molecular complexity index is 1260. The van der Waals surface area contributed by atoms with E-state index in [0.29, 0.717) is 29.2 Å². The number of carbonyl (C=O) groups is 3. The van der Waals surface area contributed by atoms with Crippen LogP contribution in [0.3, 0.4) is 0 Å². The molecule has 7 nitrogen and oxygen atoms in total. The zero-order valence-corrected chi connectivity index (χ0v) is 23.9. The molecule has 214 valence electrons. The van der Waals surface area contributed by atoms with E-state index in [2.05, 4.69) is 26.1 Å². The van der Waals surface area contributed by atoms with E-state index in [1.165, 1.54) is 12.1 Å². The first-order valence-corrected chi connectivity index (χ1v) is 14.3. The summed E-state index contributed by atoms with van der Waals surface area (Å²) in [6, 6.07) is 12.9. The molecule has 1 spiro atoms. The van der Waals surface area contributed by atoms with Gasteiger partial charge >= 0.3 is 5.97 Å². The van der Waals surface area contributed by atoms with E-state index in [1.807, 2.05) is 24.0 Å². The molecule has 40 heavy (non-hydrogen) atoms. The molecule has 4 rings (SSSR count). The number of amides is 2. The van der Waals surface area contributed by atoms with Gasteiger partial charge < -0.3 is 15.3 Å². The van der Waals surface area contributed by atoms with E-state index in [9.17, 15) is 18.8 Å². The quantitative estimate of drug-likeness (QED) is 0.372. The van der Waals surface area contributed by atoms with Crippen molar-refractivity contribution in [3.8, 4) is 0 Å². The summed E-state index contributed by atoms with van der Waals surface area (Å²) in [5.41, 5.74) is 1.87. The van der Waals surface area contributed by atoms with Crippen LogP contribution in [0, 0.1) is 17.2 Å². The second-order valence-corrected chi connectivity index (χ2v) is 11.7. The molecule has 2 aliphatic rings. The molecule has 2 aromatic rings. The van der Waals surface area contributed by atoms with Gasteiger partial charge in [-0.1, -0.05) is 46.2 Å². The van der Waals surface area contributed by atoms with Crippen LogP contribution in [0.5, 0.6) is 0 Å². The van der Waals surface area contributed by atoms with E-state index in [1.54, 1.807) is 24.3 Å². The fourth-order valence-corrected chi connectivity index (χ4v) is 6.15. The van der Waals surface area contributed by atoms with Gasteiger partial charge in [-0.05, 0) is 85.4 Å². The van der Waals surface area contributed by atoms with E-state index in [-0.39, 0.29) is 42.1 Å². The molecular weight excluding hydrogens is 509 g/mol. The highest BCUT2D eigenvalue weighted by Crippen LogP contribution is 2.50. The van der Waals surface area contributed by atoms with Crippen LogP contribution in [-0.2, 0) is 9.59 Å². The standard InChI is InChI=1S/C32H40FN3O4/c1-5-26(21-7-9-23(10-8-21)29(39)34-20-17-27(37)38)36-30(40)28(22-11-13-25(33)14-12-22)35-32(36)18-15-24(16-19-32)31(3,4)6-2/h7-14,24,26H,5-6,15-20H2,1-4H3,(H,34,39)(H,37,38)/t24?,26-,32?/m1/s1. The molecule has 1 fully saturated rings. The first-order chi connectivity index (χ1) is 19.0. The second kappa shape index (κ2) is 11.9. The monoisotopic (exact) mass is 549 g/mol. The number of hydrogen-bond acceptors (Lipinski definition) is 4. The zero-order chi connectivity index (χ0) is 29.1. The van der Waals surface area contributed by atoms with Crippen molar-refractivity contribution < 1.29 is 23.9 Å². The fraction of sp³-hybridized carbons (Fsp3) is 0.500. The molecule has 0 bridgehead atoms. The number of rotatable bonds is 10. The molecule has 8 heteroatoms. The Morgan fingerprint density at radius 2 is 1.73 bits per heavy atom. The summed E-state index contributed by atoms with van der Waals surface area (Å²) >= 11 is 0. The summed E-state index contributed by atoms with van der Waals surface area (Å²) < 4.78 is 13.7. The topological polar surface area (TPSA) is 99.1 Å². The van der Waals surface area contributed by atoms with Gasteiger partial charge in [0.25, 0.3) is 11.8 Å². The molecule has 0 radical (unpaired) electrons. The van der Waals surface area contributed by atoms with Crippen molar-refractivity contribution in [3.05, 3.63) is 71.0 Å². The molecular formula is C32H40FN3O4. The van der Waals surface area contributed by atoms with E-state index < -0.39 is 11.6 Å². The lowest BCUT2D eigenvalue weighted by Gasteiger charge is -2.48. The van der Waals surface area contributed by atoms with Crippen LogP contribution >= 0.6 is 0 Å². The first kappa shape index (κ1) is 29.4. The highest BCUT2D eigenvalue weighted by Gasteiger charge is 2.52. The maximum Gasteiger partial charge on any atom is 0.305 e. The number of aliphatic imine (C=N–C) groups is 1. The lowest BCUT2D eigenvalue weighted by atomic mass is 9.67. The number of carbonyl (C=O) groups excluding carboxylic acids is 2. The highest BCUT2D eigenvalue weighted by molar-refractivity contribution is 6.46. The van der Waals surface area contributed by atoms with Gasteiger partial charge in [0, 0.05) is 17.7 Å². The average Bonchev–Trinajstić information content (AvgIpc) is 3.21. The fourth-order valence-electron chi connectivity index (χ4n) is 6.15. The number of nitrogens with zero attached hydrogens (tertiary/aromatic N) is 2. The van der Waals surface area contributed by atoms with Gasteiger partial charge in [-0.15, -0.1) is 0 Å². The van der Waals surface area contributed by atoms with Crippen LogP contribution in [0.25, 0.3) is 0 Å². The summed E-state index contributed by atoms with van der Waals surface area (Å²) in [5.74, 6) is -1.28. The number of carboxylic acid groups (broad SMARTS) is 1. The summed E-state index contributed by atoms with van der Waals surface area (Å²) in [6.45, 7) is 8.95. The van der Waals surface area contributed by atoms with Crippen molar-refractivity contribution in [2.24, 2.45) is 16.3 Å². The van der Waals surface area contributed by atoms with E-state index >= 15 is 0 Å². The van der Waals surface area contributed by atoms with Crippen LogP contribution in [-0.4, -0.2) is 45.7 Å². The Balaban J connectivity index is 1.64. The Hall–Kier alpha value is -3.55. The maximum absolute atomic E-state index is 14.1. The van der Waals surface area contributed by atoms with Crippen LogP contribution in [0.2, 0.25) is 0 Å². The van der Waals surface area contributed by atoms with Crippen LogP contribution in [0.15, 0.2) is 53.5 Å². The van der Waals surface area contributed by atoms with Gasteiger partial charge in [0.15, 0.2) is 0 Å². The SMILES string of the molecule is CC[C@H](c1ccc(C(=O)NCCC(=O)O)cc1)N1C(=O)C(c2ccc(F)cc2)=NC12CCC(C(C)(C)CC)CC2. The smallest absolute Gasteiger partial charge is 0.305 e. The molecule has 2 aromatic carbocycles. The number of benzene rings is 2. The van der Waals surface area contributed by atoms with E-state index in [4.69, 9.17) is 10.1 Å². The van der Waals surface area contributed by atoms with Crippen molar-refractivity contribution in [2.75, 3.05) is 6.54 Å². The maximum atomic E-state index is 14.1. The van der Waals surface area contributed by atoms with Crippen molar-refractivity contribution in [1.82, 2.24) is 10.2 Å². The molecule has 1 aliphatic heterocycles. The molecule has 1 heterocycles. The lowest BCUT2D eigenvalue weighted by molar-refractivity contribution is -0.137. The number of hydrogen-bond donors (Lipinski definition) is 2. The van der Waals surface area contributed by atoms with Gasteiger partial charge in [0.2, 0.25) is 0 Å². The number of halogens is 1. The van der Waals surface area contributed by atoms with Crippen LogP contribution in [0.4, 0.5) is 4.39 Å². The third-order valence-corrected chi connectivity index (χ3v) is 8.99. The van der Waals surface area contributed by atoms with Crippen molar-refractivity contribution in [3.63, 3.8) is 0 Å². The number of aliphatic carboxylic acids is 1. The lowest BCUT2D eigenvalue weighted by Crippen LogP contribution is -2.51. The predicted octanol–water partition coefficient (Wildman–Crippen LogP) is 6.14. The molecule has 1 atom stereocenters. The zero-order valence-electron chi connectivity index (χ0n) is 23.9. The number of nitrogens with one attached hydrogen (secondary N) is 1. The number of carboxylic acids is 1. The first-order valence-electron chi connectivity index (χ1n) is 14.3. The molecule has 1 aliphatic carbocycles. The summed E-state index contributed by atoms with van der Waals surface area (Å²) in [6.07, 6.45) is 5.07. The molecule has 0 aromatic heterocycles. The third-order valence-electron chi connectivity index (χ3n) is 8.99. The van der Waals surface area contributed by atoms with Gasteiger partial charge in [-0.3, -0.25) is 19.4 Å². The Kier molecular flexibility index (Phi) is 8.76. The van der Waals surface area contributed by atoms with Crippen molar-refractivity contribution in [1.29, 1.82) is 0 Å². The van der Waals surface area contributed by atoms with Gasteiger partial charge in [0.05, 0.1) is 12.5 Å². The molecule has 2 N–H and O–H groups in total. The van der Waals surface area contributed by atoms with Crippen LogP contribution in [0.1, 0.15) is 100 Å². The van der Waals surface area contributed by atoms with E-state index in [0.717, 1.165) is 37.7 Å². The Labute approximate surface area is 235 Å². The third kappa shape index (κ3) is 5.96. The molecule has 0 unspecified atom stereocenters. The van der Waals surface area contributed by atoms with Gasteiger partial charge in [-0.2, -0.15) is 0 Å². The summed E-state index contributed by atoms with van der Waals surface area (Å²) in [4.78, 5) is 44.4. The minimum Gasteiger partial charge on any atom is -0.481 e. The van der Waals surface area contributed by atoms with Gasteiger partial charge in [-0.25, -0.2) is 4.39 Å². The highest BCUT2D eigenvalue weighted by atomic mass is 19.1. The largest absolute Gasteiger partial charge is 0.481 e. The normalized spacial score (nSPS) is 21.8. The van der Waals surface area contributed by atoms with Gasteiger partial charge in [0.1, 0.15) is 17.2 Å².